The van der Waals surface area contributed by atoms with Gasteiger partial charge in [-0.15, -0.1) is 0 Å². The first-order valence-corrected chi connectivity index (χ1v) is 6.84. The molecule has 1 fully saturated rings. The number of phenols is 1. The molecule has 1 heterocycles. The van der Waals surface area contributed by atoms with Crippen LogP contribution in [0.4, 0.5) is 0 Å². The molecule has 0 aromatic heterocycles. The number of ether oxygens (including phenoxy) is 1. The Labute approximate surface area is 108 Å². The molecule has 0 saturated carbocycles. The first-order valence-electron chi connectivity index (χ1n) is 6.84. The fourth-order valence-corrected chi connectivity index (χ4v) is 3.17. The number of phenolic OH excluding ortho intramolecular Hbond substituents is 1. The maximum atomic E-state index is 9.87. The van der Waals surface area contributed by atoms with Crippen LogP contribution in [0.1, 0.15) is 43.4 Å². The lowest BCUT2D eigenvalue weighted by Crippen LogP contribution is -2.47. The molecule has 1 atom stereocenters. The lowest BCUT2D eigenvalue weighted by Gasteiger charge is -2.37. The molecule has 3 nitrogen and oxygen atoms in total. The molecular formula is C15H21NO2. The Morgan fingerprint density at radius 2 is 2.11 bits per heavy atom. The molecule has 1 unspecified atom stereocenters. The highest BCUT2D eigenvalue weighted by Gasteiger charge is 2.33. The van der Waals surface area contributed by atoms with Crippen LogP contribution < -0.4 is 5.32 Å². The Morgan fingerprint density at radius 3 is 2.89 bits per heavy atom. The van der Waals surface area contributed by atoms with Gasteiger partial charge in [-0.2, -0.15) is 0 Å². The standard InChI is InChI=1S/C15H21NO2/c1-15(7-9-18-10-8-15)16-13-6-5-12-11(13)3-2-4-14(12)17/h2-4,13,16-17H,5-10H2,1H3. The summed E-state index contributed by atoms with van der Waals surface area (Å²) in [4.78, 5) is 0. The normalized spacial score (nSPS) is 25.9. The molecular weight excluding hydrogens is 226 g/mol. The number of benzene rings is 1. The third-order valence-corrected chi connectivity index (χ3v) is 4.37. The first kappa shape index (κ1) is 12.0. The van der Waals surface area contributed by atoms with Crippen molar-refractivity contribution < 1.29 is 9.84 Å². The molecule has 1 aromatic carbocycles. The van der Waals surface area contributed by atoms with Crippen molar-refractivity contribution >= 4 is 0 Å². The van der Waals surface area contributed by atoms with Crippen molar-refractivity contribution in [2.24, 2.45) is 0 Å². The molecule has 98 valence electrons. The fourth-order valence-electron chi connectivity index (χ4n) is 3.17. The van der Waals surface area contributed by atoms with Gasteiger partial charge in [-0.1, -0.05) is 12.1 Å². The van der Waals surface area contributed by atoms with Crippen LogP contribution in [0.3, 0.4) is 0 Å². The zero-order valence-electron chi connectivity index (χ0n) is 10.9. The summed E-state index contributed by atoms with van der Waals surface area (Å²) >= 11 is 0. The van der Waals surface area contributed by atoms with Gasteiger partial charge in [-0.25, -0.2) is 0 Å². The largest absolute Gasteiger partial charge is 0.508 e. The number of hydrogen-bond donors (Lipinski definition) is 2. The highest BCUT2D eigenvalue weighted by atomic mass is 16.5. The fraction of sp³-hybridized carbons (Fsp3) is 0.600. The minimum atomic E-state index is 0.177. The van der Waals surface area contributed by atoms with Gasteiger partial charge in [0.05, 0.1) is 0 Å². The predicted octanol–water partition coefficient (Wildman–Crippen LogP) is 2.54. The van der Waals surface area contributed by atoms with E-state index in [1.165, 1.54) is 5.56 Å². The van der Waals surface area contributed by atoms with Crippen molar-refractivity contribution in [3.63, 3.8) is 0 Å². The number of fused-ring (bicyclic) bond motifs is 1. The summed E-state index contributed by atoms with van der Waals surface area (Å²) in [6.45, 7) is 3.99. The van der Waals surface area contributed by atoms with Gasteiger partial charge in [-0.05, 0) is 49.8 Å². The Balaban J connectivity index is 1.78. The molecule has 3 heteroatoms. The van der Waals surface area contributed by atoms with Crippen LogP contribution >= 0.6 is 0 Å². The SMILES string of the molecule is CC1(NC2CCc3c(O)cccc32)CCOCC1. The number of aromatic hydroxyl groups is 1. The second kappa shape index (κ2) is 4.56. The maximum Gasteiger partial charge on any atom is 0.119 e. The molecule has 2 aliphatic rings. The Hall–Kier alpha value is -1.06. The predicted molar refractivity (Wildman–Crippen MR) is 70.8 cm³/mol. The van der Waals surface area contributed by atoms with Gasteiger partial charge in [0.2, 0.25) is 0 Å². The highest BCUT2D eigenvalue weighted by molar-refractivity contribution is 5.44. The smallest absolute Gasteiger partial charge is 0.119 e. The molecule has 1 aromatic rings. The molecule has 0 amide bonds. The molecule has 1 saturated heterocycles. The van der Waals surface area contributed by atoms with Crippen LogP contribution in [0, 0.1) is 0 Å². The van der Waals surface area contributed by atoms with Gasteiger partial charge in [-0.3, -0.25) is 0 Å². The van der Waals surface area contributed by atoms with E-state index in [1.807, 2.05) is 6.07 Å². The van der Waals surface area contributed by atoms with Crippen molar-refractivity contribution in [2.75, 3.05) is 13.2 Å². The molecule has 1 aliphatic carbocycles. The van der Waals surface area contributed by atoms with Crippen LogP contribution in [0.5, 0.6) is 5.75 Å². The zero-order valence-corrected chi connectivity index (χ0v) is 10.9. The third-order valence-electron chi connectivity index (χ3n) is 4.37. The van der Waals surface area contributed by atoms with Crippen molar-refractivity contribution in [1.29, 1.82) is 0 Å². The molecule has 3 rings (SSSR count). The topological polar surface area (TPSA) is 41.5 Å². The van der Waals surface area contributed by atoms with E-state index in [0.29, 0.717) is 11.8 Å². The Morgan fingerprint density at radius 1 is 1.33 bits per heavy atom. The van der Waals surface area contributed by atoms with Gasteiger partial charge in [0.15, 0.2) is 0 Å². The third kappa shape index (κ3) is 2.13. The minimum absolute atomic E-state index is 0.177. The first-order chi connectivity index (χ1) is 8.68. The van der Waals surface area contributed by atoms with Crippen LogP contribution in [0.15, 0.2) is 18.2 Å². The molecule has 2 N–H and O–H groups in total. The van der Waals surface area contributed by atoms with Crippen LogP contribution in [0.2, 0.25) is 0 Å². The quantitative estimate of drug-likeness (QED) is 0.844. The van der Waals surface area contributed by atoms with Gasteiger partial charge >= 0.3 is 0 Å². The Bertz CT molecular complexity index is 438. The van der Waals surface area contributed by atoms with E-state index in [1.54, 1.807) is 6.07 Å². The average Bonchev–Trinajstić information content (AvgIpc) is 2.74. The van der Waals surface area contributed by atoms with E-state index >= 15 is 0 Å². The van der Waals surface area contributed by atoms with Crippen molar-refractivity contribution in [2.45, 2.75) is 44.2 Å². The number of rotatable bonds is 2. The minimum Gasteiger partial charge on any atom is -0.508 e. The van der Waals surface area contributed by atoms with E-state index in [4.69, 9.17) is 4.74 Å². The highest BCUT2D eigenvalue weighted by Crippen LogP contribution is 2.38. The molecule has 1 aliphatic heterocycles. The van der Waals surface area contributed by atoms with Crippen molar-refractivity contribution in [3.8, 4) is 5.75 Å². The zero-order chi connectivity index (χ0) is 12.6. The molecule has 0 bridgehead atoms. The second-order valence-corrected chi connectivity index (χ2v) is 5.75. The van der Waals surface area contributed by atoms with Gasteiger partial charge in [0.25, 0.3) is 0 Å². The monoisotopic (exact) mass is 247 g/mol. The summed E-state index contributed by atoms with van der Waals surface area (Å²) in [7, 11) is 0. The van der Waals surface area contributed by atoms with E-state index in [-0.39, 0.29) is 5.54 Å². The summed E-state index contributed by atoms with van der Waals surface area (Å²) in [6, 6.07) is 6.26. The van der Waals surface area contributed by atoms with Gasteiger partial charge < -0.3 is 15.2 Å². The van der Waals surface area contributed by atoms with E-state index < -0.39 is 0 Å². The van der Waals surface area contributed by atoms with Crippen LogP contribution in [-0.2, 0) is 11.2 Å². The Kier molecular flexibility index (Phi) is 3.04. The van der Waals surface area contributed by atoms with Gasteiger partial charge in [0, 0.05) is 24.8 Å². The van der Waals surface area contributed by atoms with E-state index in [0.717, 1.165) is 44.5 Å². The number of hydrogen-bond acceptors (Lipinski definition) is 3. The van der Waals surface area contributed by atoms with E-state index in [2.05, 4.69) is 18.3 Å². The molecule has 0 radical (unpaired) electrons. The van der Waals surface area contributed by atoms with Crippen molar-refractivity contribution in [3.05, 3.63) is 29.3 Å². The van der Waals surface area contributed by atoms with E-state index in [9.17, 15) is 5.11 Å². The summed E-state index contributed by atoms with van der Waals surface area (Å²) in [6.07, 6.45) is 4.20. The maximum absolute atomic E-state index is 9.87. The van der Waals surface area contributed by atoms with Crippen LogP contribution in [0.25, 0.3) is 0 Å². The average molecular weight is 247 g/mol. The lowest BCUT2D eigenvalue weighted by atomic mass is 9.90. The summed E-state index contributed by atoms with van der Waals surface area (Å²) < 4.78 is 5.44. The number of nitrogens with one attached hydrogen (secondary N) is 1. The lowest BCUT2D eigenvalue weighted by molar-refractivity contribution is 0.0404. The summed E-state index contributed by atoms with van der Waals surface area (Å²) in [5.74, 6) is 0.453. The summed E-state index contributed by atoms with van der Waals surface area (Å²) in [5.41, 5.74) is 2.59. The van der Waals surface area contributed by atoms with Crippen LogP contribution in [-0.4, -0.2) is 23.9 Å². The molecule has 18 heavy (non-hydrogen) atoms. The van der Waals surface area contributed by atoms with Crippen molar-refractivity contribution in [1.82, 2.24) is 5.32 Å². The second-order valence-electron chi connectivity index (χ2n) is 5.75. The molecule has 0 spiro atoms. The summed E-state index contributed by atoms with van der Waals surface area (Å²) in [5, 5.41) is 13.7. The van der Waals surface area contributed by atoms with Gasteiger partial charge in [0.1, 0.15) is 5.75 Å².